The molecule has 17 heavy (non-hydrogen) atoms. The Morgan fingerprint density at radius 2 is 2.12 bits per heavy atom. The lowest BCUT2D eigenvalue weighted by Crippen LogP contribution is -2.31. The number of hydrogen-bond acceptors (Lipinski definition) is 3. The van der Waals surface area contributed by atoms with E-state index in [1.54, 1.807) is 0 Å². The molecule has 0 spiro atoms. The highest BCUT2D eigenvalue weighted by Crippen LogP contribution is 2.29. The predicted octanol–water partition coefficient (Wildman–Crippen LogP) is 2.83. The van der Waals surface area contributed by atoms with E-state index in [4.69, 9.17) is 4.74 Å². The zero-order chi connectivity index (χ0) is 12.1. The Labute approximate surface area is 102 Å². The number of nitrogens with one attached hydrogen (secondary N) is 1. The fraction of sp³-hybridized carbons (Fsp3) is 0.500. The Kier molecular flexibility index (Phi) is 4.02. The maximum Gasteiger partial charge on any atom is 0.311 e. The molecular weight excluding hydrogens is 214 g/mol. The molecule has 0 saturated heterocycles. The highest BCUT2D eigenvalue weighted by Gasteiger charge is 2.33. The van der Waals surface area contributed by atoms with Gasteiger partial charge in [-0.2, -0.15) is 0 Å². The molecule has 1 aromatic carbocycles. The Bertz CT molecular complexity index is 364. The Hall–Kier alpha value is -1.51. The largest absolute Gasteiger partial charge is 0.466 e. The lowest BCUT2D eigenvalue weighted by Gasteiger charge is -2.20. The van der Waals surface area contributed by atoms with Crippen molar-refractivity contribution in [2.75, 3.05) is 11.9 Å². The van der Waals surface area contributed by atoms with Gasteiger partial charge < -0.3 is 10.1 Å². The fourth-order valence-corrected chi connectivity index (χ4v) is 2.41. The van der Waals surface area contributed by atoms with Crippen LogP contribution < -0.4 is 5.32 Å². The molecule has 0 aromatic heterocycles. The van der Waals surface area contributed by atoms with E-state index in [-0.39, 0.29) is 17.9 Å². The highest BCUT2D eigenvalue weighted by molar-refractivity contribution is 5.74. The van der Waals surface area contributed by atoms with Crippen LogP contribution in [0.2, 0.25) is 0 Å². The minimum Gasteiger partial charge on any atom is -0.466 e. The van der Waals surface area contributed by atoms with Gasteiger partial charge >= 0.3 is 5.97 Å². The molecule has 92 valence electrons. The predicted molar refractivity (Wildman–Crippen MR) is 67.8 cm³/mol. The molecule has 3 nitrogen and oxygen atoms in total. The van der Waals surface area contributed by atoms with E-state index in [1.807, 2.05) is 37.3 Å². The number of carbonyl (C=O) groups is 1. The van der Waals surface area contributed by atoms with Crippen molar-refractivity contribution in [2.24, 2.45) is 5.92 Å². The van der Waals surface area contributed by atoms with Crippen LogP contribution in [0, 0.1) is 5.92 Å². The van der Waals surface area contributed by atoms with Gasteiger partial charge in [0.15, 0.2) is 0 Å². The van der Waals surface area contributed by atoms with Gasteiger partial charge in [0.1, 0.15) is 0 Å². The van der Waals surface area contributed by atoms with Crippen LogP contribution >= 0.6 is 0 Å². The van der Waals surface area contributed by atoms with E-state index in [0.29, 0.717) is 6.61 Å². The van der Waals surface area contributed by atoms with Crippen LogP contribution in [0.25, 0.3) is 0 Å². The molecule has 1 aromatic rings. The normalized spacial score (nSPS) is 23.4. The summed E-state index contributed by atoms with van der Waals surface area (Å²) in [5.74, 6) is -0.0476. The zero-order valence-corrected chi connectivity index (χ0v) is 10.2. The van der Waals surface area contributed by atoms with Gasteiger partial charge in [-0.15, -0.1) is 0 Å². The molecule has 0 amide bonds. The summed E-state index contributed by atoms with van der Waals surface area (Å²) < 4.78 is 5.11. The quantitative estimate of drug-likeness (QED) is 0.813. The molecule has 1 aliphatic carbocycles. The Morgan fingerprint density at radius 1 is 1.35 bits per heavy atom. The number of rotatable bonds is 4. The molecule has 1 fully saturated rings. The average Bonchev–Trinajstić information content (AvgIpc) is 2.79. The van der Waals surface area contributed by atoms with Crippen molar-refractivity contribution >= 4 is 11.7 Å². The summed E-state index contributed by atoms with van der Waals surface area (Å²) in [6.07, 6.45) is 3.07. The third-order valence-electron chi connectivity index (χ3n) is 3.23. The van der Waals surface area contributed by atoms with Gasteiger partial charge in [0.05, 0.1) is 12.5 Å². The molecule has 1 aliphatic rings. The first-order valence-electron chi connectivity index (χ1n) is 6.29. The lowest BCUT2D eigenvalue weighted by atomic mass is 10.0. The molecule has 0 aliphatic heterocycles. The lowest BCUT2D eigenvalue weighted by molar-refractivity contribution is -0.147. The number of benzene rings is 1. The van der Waals surface area contributed by atoms with E-state index in [2.05, 4.69) is 5.32 Å². The van der Waals surface area contributed by atoms with Crippen LogP contribution in [0.4, 0.5) is 5.69 Å². The second kappa shape index (κ2) is 5.71. The average molecular weight is 233 g/mol. The van der Waals surface area contributed by atoms with Crippen LogP contribution in [-0.4, -0.2) is 18.6 Å². The van der Waals surface area contributed by atoms with Crippen molar-refractivity contribution in [3.8, 4) is 0 Å². The fourth-order valence-electron chi connectivity index (χ4n) is 2.41. The Morgan fingerprint density at radius 3 is 2.82 bits per heavy atom. The van der Waals surface area contributed by atoms with Crippen molar-refractivity contribution in [2.45, 2.75) is 32.2 Å². The second-order valence-electron chi connectivity index (χ2n) is 4.41. The van der Waals surface area contributed by atoms with Gasteiger partial charge in [-0.3, -0.25) is 4.79 Å². The van der Waals surface area contributed by atoms with Gasteiger partial charge in [0, 0.05) is 11.7 Å². The van der Waals surface area contributed by atoms with Crippen LogP contribution in [0.15, 0.2) is 30.3 Å². The van der Waals surface area contributed by atoms with Gasteiger partial charge in [-0.25, -0.2) is 0 Å². The number of esters is 1. The molecule has 2 atom stereocenters. The summed E-state index contributed by atoms with van der Waals surface area (Å²) in [6, 6.07) is 10.3. The van der Waals surface area contributed by atoms with E-state index in [9.17, 15) is 4.79 Å². The molecule has 3 heteroatoms. The van der Waals surface area contributed by atoms with E-state index in [0.717, 1.165) is 24.9 Å². The first-order chi connectivity index (χ1) is 8.31. The maximum absolute atomic E-state index is 11.8. The standard InChI is InChI=1S/C14H19NO2/c1-2-17-14(16)12-9-6-10-13(12)15-11-7-4-3-5-8-11/h3-5,7-8,12-13,15H,2,6,9-10H2,1H3. The summed E-state index contributed by atoms with van der Waals surface area (Å²) >= 11 is 0. The van der Waals surface area contributed by atoms with Crippen molar-refractivity contribution in [1.82, 2.24) is 0 Å². The van der Waals surface area contributed by atoms with E-state index in [1.165, 1.54) is 0 Å². The summed E-state index contributed by atoms with van der Waals surface area (Å²) in [5, 5.41) is 3.43. The van der Waals surface area contributed by atoms with Crippen molar-refractivity contribution in [3.05, 3.63) is 30.3 Å². The van der Waals surface area contributed by atoms with Crippen molar-refractivity contribution < 1.29 is 9.53 Å². The van der Waals surface area contributed by atoms with Gasteiger partial charge in [0.2, 0.25) is 0 Å². The van der Waals surface area contributed by atoms with Crippen LogP contribution in [-0.2, 0) is 9.53 Å². The smallest absolute Gasteiger partial charge is 0.311 e. The molecule has 0 bridgehead atoms. The van der Waals surface area contributed by atoms with Gasteiger partial charge in [-0.05, 0) is 31.9 Å². The molecule has 0 heterocycles. The monoisotopic (exact) mass is 233 g/mol. The first kappa shape index (κ1) is 12.0. The maximum atomic E-state index is 11.8. The molecule has 2 unspecified atom stereocenters. The van der Waals surface area contributed by atoms with Crippen LogP contribution in [0.1, 0.15) is 26.2 Å². The molecular formula is C14H19NO2. The minimum atomic E-state index is -0.0570. The van der Waals surface area contributed by atoms with Crippen molar-refractivity contribution in [1.29, 1.82) is 0 Å². The number of carbonyl (C=O) groups excluding carboxylic acids is 1. The SMILES string of the molecule is CCOC(=O)C1CCCC1Nc1ccccc1. The number of para-hydroxylation sites is 1. The molecule has 1 saturated carbocycles. The summed E-state index contributed by atoms with van der Waals surface area (Å²) in [4.78, 5) is 11.8. The Balaban J connectivity index is 1.98. The van der Waals surface area contributed by atoms with Crippen LogP contribution in [0.5, 0.6) is 0 Å². The van der Waals surface area contributed by atoms with Gasteiger partial charge in [-0.1, -0.05) is 24.6 Å². The van der Waals surface area contributed by atoms with Gasteiger partial charge in [0.25, 0.3) is 0 Å². The van der Waals surface area contributed by atoms with E-state index < -0.39 is 0 Å². The number of ether oxygens (including phenoxy) is 1. The first-order valence-corrected chi connectivity index (χ1v) is 6.29. The minimum absolute atomic E-state index is 0.00940. The third kappa shape index (κ3) is 2.99. The molecule has 1 N–H and O–H groups in total. The zero-order valence-electron chi connectivity index (χ0n) is 10.2. The summed E-state index contributed by atoms with van der Waals surface area (Å²) in [5.41, 5.74) is 1.08. The van der Waals surface area contributed by atoms with Crippen LogP contribution in [0.3, 0.4) is 0 Å². The number of hydrogen-bond donors (Lipinski definition) is 1. The third-order valence-corrected chi connectivity index (χ3v) is 3.23. The number of anilines is 1. The summed E-state index contributed by atoms with van der Waals surface area (Å²) in [7, 11) is 0. The highest BCUT2D eigenvalue weighted by atomic mass is 16.5. The summed E-state index contributed by atoms with van der Waals surface area (Å²) in [6.45, 7) is 2.32. The molecule has 2 rings (SSSR count). The topological polar surface area (TPSA) is 38.3 Å². The van der Waals surface area contributed by atoms with Crippen molar-refractivity contribution in [3.63, 3.8) is 0 Å². The van der Waals surface area contributed by atoms with E-state index >= 15 is 0 Å². The second-order valence-corrected chi connectivity index (χ2v) is 4.41. The molecule has 0 radical (unpaired) electrons.